The van der Waals surface area contributed by atoms with E-state index in [2.05, 4.69) is 31.4 Å². The van der Waals surface area contributed by atoms with Crippen LogP contribution in [0.1, 0.15) is 184 Å². The number of carbonyl (C=O) groups is 5. The third-order valence-corrected chi connectivity index (χ3v) is 21.4. The Morgan fingerprint density at radius 3 is 1.60 bits per heavy atom. The normalized spacial score (nSPS) is 22.9. The van der Waals surface area contributed by atoms with E-state index in [1.165, 1.54) is 59.7 Å². The van der Waals surface area contributed by atoms with Crippen molar-refractivity contribution < 1.29 is 82.6 Å². The molecule has 1 saturated heterocycles. The van der Waals surface area contributed by atoms with Crippen LogP contribution in [0, 0.1) is 63.3 Å². The number of nitrogens with zero attached hydrogens (tertiary/aromatic N) is 1. The van der Waals surface area contributed by atoms with E-state index in [1.807, 2.05) is 59.7 Å². The number of alkyl halides is 3. The quantitative estimate of drug-likeness (QED) is 0.0200. The molecule has 6 fully saturated rings. The topological polar surface area (TPSA) is 194 Å². The standard InChI is InChI=1S/C20H29F3O7S.C18H12F3S.C12H22O2.C10H13NO2.C10H14O/c1-4-17(2,3)15(24)30-19-8-12-5-13(9-19)7-18(6-12,11-19)16(25)29-14(20(21,22)23)10-31(26,27)28;19-13-1-7-16(8-2-13)22(17-9-3-14(20)4-10-17)18-11-5-15(21)6-12-18;1-5-11(2,3)10(13)14-12(4)8-6-7-9-12;1-4-6-11-8(12)7-10(3,5-2)9(11)13;1-3-8(2)9-5-4-6-10(11)7-9/h12-14H,4-11H2,1-3H3,(H,26,27,28);1-12H;5-9H2,1-4H3;1H,5-7H2,2-3H3;4-8,11H,3H2,1-2H3/q;+1;;;/p-1. The Morgan fingerprint density at radius 2 is 1.22 bits per heavy atom. The van der Waals surface area contributed by atoms with Gasteiger partial charge >= 0.3 is 24.1 Å². The Bertz CT molecular complexity index is 3170. The van der Waals surface area contributed by atoms with Crippen molar-refractivity contribution in [3.05, 3.63) is 120 Å². The van der Waals surface area contributed by atoms with Gasteiger partial charge in [0.2, 0.25) is 17.9 Å². The number of likely N-dealkylation sites (tertiary alicyclic amines) is 1. The number of terminal acetylenes is 1. The zero-order valence-electron chi connectivity index (χ0n) is 54.1. The molecule has 4 aromatic carbocycles. The number of hydrogen-bond donors (Lipinski definition) is 1. The maximum Gasteiger partial charge on any atom is 0.426 e. The molecule has 91 heavy (non-hydrogen) atoms. The van der Waals surface area contributed by atoms with Crippen LogP contribution < -0.4 is 0 Å². The number of rotatable bonds is 17. The second-order valence-electron chi connectivity index (χ2n) is 26.6. The fourth-order valence-electron chi connectivity index (χ4n) is 12.0. The average Bonchev–Trinajstić information content (AvgIpc) is 1.31. The summed E-state index contributed by atoms with van der Waals surface area (Å²) in [6.45, 7) is 21.5. The van der Waals surface area contributed by atoms with Crippen LogP contribution in [0.2, 0.25) is 0 Å². The molecular formula is C70H89F6NO12S2. The number of imide groups is 1. The van der Waals surface area contributed by atoms with Crippen LogP contribution >= 0.6 is 0 Å². The molecule has 5 aliphatic carbocycles. The zero-order valence-corrected chi connectivity index (χ0v) is 55.7. The molecule has 21 heteroatoms. The second-order valence-corrected chi connectivity index (χ2v) is 30.1. The minimum absolute atomic E-state index is 0.00100. The van der Waals surface area contributed by atoms with Gasteiger partial charge in [0, 0.05) is 12.8 Å². The largest absolute Gasteiger partial charge is 0.748 e. The summed E-state index contributed by atoms with van der Waals surface area (Å²) in [5.41, 5.74) is -2.77. The van der Waals surface area contributed by atoms with Gasteiger partial charge in [0.1, 0.15) is 34.4 Å². The minimum atomic E-state index is -5.27. The maximum atomic E-state index is 13.3. The molecule has 5 atom stereocenters. The number of esters is 3. The van der Waals surface area contributed by atoms with E-state index in [1.54, 1.807) is 56.3 Å². The maximum absolute atomic E-state index is 13.3. The number of benzene rings is 4. The zero-order chi connectivity index (χ0) is 68.1. The molecule has 13 nitrogen and oxygen atoms in total. The van der Waals surface area contributed by atoms with Gasteiger partial charge in [-0.15, -0.1) is 6.42 Å². The highest BCUT2D eigenvalue weighted by Gasteiger charge is 2.64. The van der Waals surface area contributed by atoms with Crippen LogP contribution in [-0.4, -0.2) is 88.5 Å². The molecule has 0 aromatic heterocycles. The first-order chi connectivity index (χ1) is 42.3. The molecule has 1 aliphatic heterocycles. The lowest BCUT2D eigenvalue weighted by Crippen LogP contribution is -2.61. The van der Waals surface area contributed by atoms with Crippen molar-refractivity contribution in [3.8, 4) is 18.1 Å². The molecule has 500 valence electrons. The molecule has 10 rings (SSSR count). The smallest absolute Gasteiger partial charge is 0.426 e. The first-order valence-corrected chi connectivity index (χ1v) is 33.9. The highest BCUT2D eigenvalue weighted by atomic mass is 32.2. The monoisotopic (exact) mass is 1310 g/mol. The van der Waals surface area contributed by atoms with Gasteiger partial charge in [-0.05, 0) is 226 Å². The third-order valence-electron chi connectivity index (χ3n) is 18.4. The molecule has 1 heterocycles. The Balaban J connectivity index is 0.000000219. The number of ether oxygens (including phenoxy) is 3. The van der Waals surface area contributed by atoms with Crippen molar-refractivity contribution in [2.24, 2.45) is 33.5 Å². The molecule has 4 aromatic rings. The fraction of sp³-hybridized carbons (Fsp3) is 0.557. The van der Waals surface area contributed by atoms with Crippen LogP contribution in [0.3, 0.4) is 0 Å². The summed E-state index contributed by atoms with van der Waals surface area (Å²) in [5, 5.41) is 9.16. The molecule has 1 N–H and O–H groups in total. The number of halogens is 6. The highest BCUT2D eigenvalue weighted by molar-refractivity contribution is 7.97. The molecule has 6 aliphatic rings. The van der Waals surface area contributed by atoms with E-state index in [0.717, 1.165) is 46.8 Å². The van der Waals surface area contributed by atoms with Crippen LogP contribution in [0.25, 0.3) is 0 Å². The van der Waals surface area contributed by atoms with Gasteiger partial charge in [-0.1, -0.05) is 59.6 Å². The molecule has 5 saturated carbocycles. The SMILES string of the molecule is C#CCN1C(=O)CC(C)(CC)C1=O.CCC(C)(C)C(=O)OC1(C)CCCC1.CCC(C)(C)C(=O)OC12CC3CC(C1)CC(C(=O)OC(CS(=O)(=O)[O-])C(F)(F)F)(C3)C2.CCC(C)c1cccc(O)c1.Fc1ccc([S+](c2ccc(F)cc2)c2ccc(F)cc2)cc1. The molecular weight excluding hydrogens is 1220 g/mol. The van der Waals surface area contributed by atoms with E-state index in [4.69, 9.17) is 21.0 Å². The van der Waals surface area contributed by atoms with Gasteiger partial charge in [-0.25, -0.2) is 21.6 Å². The number of amides is 2. The molecule has 0 spiro atoms. The van der Waals surface area contributed by atoms with Crippen molar-refractivity contribution in [3.63, 3.8) is 0 Å². The van der Waals surface area contributed by atoms with E-state index in [0.29, 0.717) is 56.6 Å². The van der Waals surface area contributed by atoms with Crippen LogP contribution in [0.15, 0.2) is 112 Å². The van der Waals surface area contributed by atoms with Gasteiger partial charge in [0.25, 0.3) is 0 Å². The third kappa shape index (κ3) is 20.6. The average molecular weight is 1310 g/mol. The Labute approximate surface area is 536 Å². The van der Waals surface area contributed by atoms with Gasteiger partial charge in [-0.3, -0.25) is 28.9 Å². The summed E-state index contributed by atoms with van der Waals surface area (Å²) in [4.78, 5) is 64.4. The Morgan fingerprint density at radius 1 is 0.758 bits per heavy atom. The molecule has 5 unspecified atom stereocenters. The molecule has 4 bridgehead atoms. The van der Waals surface area contributed by atoms with Gasteiger partial charge in [-0.2, -0.15) is 13.2 Å². The van der Waals surface area contributed by atoms with Crippen molar-refractivity contribution >= 4 is 50.7 Å². The van der Waals surface area contributed by atoms with Crippen molar-refractivity contribution in [1.82, 2.24) is 4.90 Å². The summed E-state index contributed by atoms with van der Waals surface area (Å²) in [5.74, 6) is -1.47. The Hall–Kier alpha value is -6.37. The van der Waals surface area contributed by atoms with Crippen LogP contribution in [-0.2, 0) is 59.2 Å². The summed E-state index contributed by atoms with van der Waals surface area (Å²) in [7, 11) is -5.81. The van der Waals surface area contributed by atoms with Crippen LogP contribution in [0.4, 0.5) is 26.3 Å². The fourth-order valence-corrected chi connectivity index (χ4v) is 14.7. The summed E-state index contributed by atoms with van der Waals surface area (Å²) < 4.78 is 128. The lowest BCUT2D eigenvalue weighted by atomic mass is 9.48. The lowest BCUT2D eigenvalue weighted by Gasteiger charge is -2.60. The number of hydrogen-bond acceptors (Lipinski definition) is 12. The number of carbonyl (C=O) groups excluding carboxylic acids is 5. The van der Waals surface area contributed by atoms with Crippen molar-refractivity contribution in [2.75, 3.05) is 12.3 Å². The first kappa shape index (κ1) is 75.4. The number of aromatic hydroxyl groups is 1. The van der Waals surface area contributed by atoms with E-state index >= 15 is 0 Å². The first-order valence-electron chi connectivity index (χ1n) is 31.1. The Kier molecular flexibility index (Phi) is 25.7. The highest BCUT2D eigenvalue weighted by Crippen LogP contribution is 2.64. The van der Waals surface area contributed by atoms with Gasteiger partial charge < -0.3 is 23.9 Å². The van der Waals surface area contributed by atoms with Crippen molar-refractivity contribution in [1.29, 1.82) is 0 Å². The molecule has 0 radical (unpaired) electrons. The minimum Gasteiger partial charge on any atom is -0.748 e. The summed E-state index contributed by atoms with van der Waals surface area (Å²) >= 11 is 0. The molecule has 2 amide bonds. The van der Waals surface area contributed by atoms with Gasteiger partial charge in [0.05, 0.1) is 55.0 Å². The number of phenolic OH excluding ortho intramolecular Hbond substituents is 1. The predicted molar refractivity (Wildman–Crippen MR) is 334 cm³/mol. The lowest BCUT2D eigenvalue weighted by molar-refractivity contribution is -0.239. The predicted octanol–water partition coefficient (Wildman–Crippen LogP) is 15.5. The summed E-state index contributed by atoms with van der Waals surface area (Å²) in [6, 6.07) is 26.0. The number of phenols is 1. The van der Waals surface area contributed by atoms with E-state index in [9.17, 15) is 63.3 Å². The second kappa shape index (κ2) is 31.0. The van der Waals surface area contributed by atoms with E-state index in [-0.39, 0.29) is 71.1 Å². The van der Waals surface area contributed by atoms with E-state index < -0.39 is 72.8 Å². The summed E-state index contributed by atoms with van der Waals surface area (Å²) in [6.07, 6.45) is 7.28. The van der Waals surface area contributed by atoms with Gasteiger partial charge in [0.15, 0.2) is 14.7 Å². The van der Waals surface area contributed by atoms with Crippen LogP contribution in [0.5, 0.6) is 5.75 Å². The van der Waals surface area contributed by atoms with Crippen molar-refractivity contribution in [2.45, 2.75) is 217 Å².